The molecule has 0 unspecified atom stereocenters. The molecular formula is C12H14N4O2. The minimum Gasteiger partial charge on any atom is -0.481 e. The summed E-state index contributed by atoms with van der Waals surface area (Å²) >= 11 is 0. The number of hydrogen-bond donors (Lipinski definition) is 1. The summed E-state index contributed by atoms with van der Waals surface area (Å²) in [6.45, 7) is 1.49. The van der Waals surface area contributed by atoms with Crippen LogP contribution in [0.2, 0.25) is 0 Å². The quantitative estimate of drug-likeness (QED) is 0.857. The zero-order chi connectivity index (χ0) is 12.5. The first-order chi connectivity index (χ1) is 8.74. The maximum absolute atomic E-state index is 10.9. The van der Waals surface area contributed by atoms with Crippen LogP contribution in [0.3, 0.4) is 0 Å². The molecule has 0 radical (unpaired) electrons. The van der Waals surface area contributed by atoms with Gasteiger partial charge < -0.3 is 10.0 Å². The Bertz CT molecular complexity index is 572. The molecule has 0 atom stereocenters. The van der Waals surface area contributed by atoms with Crippen LogP contribution >= 0.6 is 0 Å². The van der Waals surface area contributed by atoms with E-state index in [1.54, 1.807) is 10.7 Å². The van der Waals surface area contributed by atoms with Crippen molar-refractivity contribution in [1.82, 2.24) is 14.6 Å². The normalized spacial score (nSPS) is 17.2. The second kappa shape index (κ2) is 4.29. The topological polar surface area (TPSA) is 70.7 Å². The first-order valence-corrected chi connectivity index (χ1v) is 6.02. The third-order valence-electron chi connectivity index (χ3n) is 3.41. The van der Waals surface area contributed by atoms with Gasteiger partial charge in [0, 0.05) is 25.4 Å². The molecule has 6 heteroatoms. The van der Waals surface area contributed by atoms with Crippen LogP contribution in [0, 0.1) is 5.92 Å². The Morgan fingerprint density at radius 2 is 2.11 bits per heavy atom. The van der Waals surface area contributed by atoms with Crippen molar-refractivity contribution in [3.8, 4) is 0 Å². The number of nitrogens with zero attached hydrogens (tertiary/aromatic N) is 4. The summed E-state index contributed by atoms with van der Waals surface area (Å²) in [5, 5.41) is 13.1. The van der Waals surface area contributed by atoms with E-state index in [0.29, 0.717) is 12.8 Å². The largest absolute Gasteiger partial charge is 0.481 e. The summed E-state index contributed by atoms with van der Waals surface area (Å²) in [6.07, 6.45) is 4.95. The van der Waals surface area contributed by atoms with Crippen LogP contribution in [0.15, 0.2) is 24.5 Å². The fraction of sp³-hybridized carbons (Fsp3) is 0.417. The van der Waals surface area contributed by atoms with Gasteiger partial charge >= 0.3 is 5.97 Å². The number of rotatable bonds is 2. The van der Waals surface area contributed by atoms with Gasteiger partial charge in [0.05, 0.1) is 12.1 Å². The Hall–Kier alpha value is -2.11. The third kappa shape index (κ3) is 1.90. The van der Waals surface area contributed by atoms with Gasteiger partial charge in [-0.1, -0.05) is 0 Å². The lowest BCUT2D eigenvalue weighted by Crippen LogP contribution is -2.36. The Balaban J connectivity index is 1.77. The summed E-state index contributed by atoms with van der Waals surface area (Å²) < 4.78 is 1.72. The number of carbonyl (C=O) groups is 1. The van der Waals surface area contributed by atoms with Crippen molar-refractivity contribution in [2.75, 3.05) is 18.0 Å². The highest BCUT2D eigenvalue weighted by Gasteiger charge is 2.25. The van der Waals surface area contributed by atoms with Gasteiger partial charge in [0.15, 0.2) is 5.65 Å². The minimum atomic E-state index is -0.686. The van der Waals surface area contributed by atoms with Gasteiger partial charge in [-0.2, -0.15) is 5.10 Å². The lowest BCUT2D eigenvalue weighted by atomic mass is 9.97. The zero-order valence-electron chi connectivity index (χ0n) is 9.86. The average Bonchev–Trinajstić information content (AvgIpc) is 2.86. The molecule has 1 aliphatic heterocycles. The maximum Gasteiger partial charge on any atom is 0.306 e. The summed E-state index contributed by atoms with van der Waals surface area (Å²) in [5.41, 5.74) is 0.813. The van der Waals surface area contributed by atoms with E-state index in [9.17, 15) is 4.79 Å². The molecule has 1 aliphatic rings. The monoisotopic (exact) mass is 246 g/mol. The fourth-order valence-corrected chi connectivity index (χ4v) is 2.33. The molecule has 0 bridgehead atoms. The van der Waals surface area contributed by atoms with Crippen molar-refractivity contribution < 1.29 is 9.90 Å². The van der Waals surface area contributed by atoms with Crippen molar-refractivity contribution in [2.45, 2.75) is 12.8 Å². The van der Waals surface area contributed by atoms with Gasteiger partial charge in [-0.3, -0.25) is 4.79 Å². The zero-order valence-corrected chi connectivity index (χ0v) is 9.86. The van der Waals surface area contributed by atoms with Gasteiger partial charge in [0.1, 0.15) is 5.82 Å². The molecule has 1 fully saturated rings. The first kappa shape index (κ1) is 11.0. The second-order valence-electron chi connectivity index (χ2n) is 4.52. The Morgan fingerprint density at radius 1 is 1.33 bits per heavy atom. The molecule has 2 aromatic rings. The van der Waals surface area contributed by atoms with E-state index in [1.807, 2.05) is 18.3 Å². The van der Waals surface area contributed by atoms with Crippen LogP contribution in [0.1, 0.15) is 12.8 Å². The van der Waals surface area contributed by atoms with Crippen LogP contribution in [-0.4, -0.2) is 38.8 Å². The Kier molecular flexibility index (Phi) is 2.62. The fourth-order valence-electron chi connectivity index (χ4n) is 2.33. The smallest absolute Gasteiger partial charge is 0.306 e. The summed E-state index contributed by atoms with van der Waals surface area (Å²) in [6, 6.07) is 3.77. The average molecular weight is 246 g/mol. The number of carboxylic acids is 1. The number of aliphatic carboxylic acids is 1. The summed E-state index contributed by atoms with van der Waals surface area (Å²) in [4.78, 5) is 17.5. The van der Waals surface area contributed by atoms with E-state index in [0.717, 1.165) is 24.6 Å². The van der Waals surface area contributed by atoms with Crippen molar-refractivity contribution in [1.29, 1.82) is 0 Å². The summed E-state index contributed by atoms with van der Waals surface area (Å²) in [7, 11) is 0. The van der Waals surface area contributed by atoms with Gasteiger partial charge in [-0.15, -0.1) is 0 Å². The second-order valence-corrected chi connectivity index (χ2v) is 4.52. The Morgan fingerprint density at radius 3 is 2.83 bits per heavy atom. The van der Waals surface area contributed by atoms with Gasteiger partial charge in [0.2, 0.25) is 0 Å². The van der Waals surface area contributed by atoms with Crippen molar-refractivity contribution in [3.05, 3.63) is 24.5 Å². The predicted octanol–water partition coefficient (Wildman–Crippen LogP) is 1.03. The number of carboxylic acid groups (broad SMARTS) is 1. The number of hydrogen-bond acceptors (Lipinski definition) is 4. The highest BCUT2D eigenvalue weighted by Crippen LogP contribution is 2.22. The van der Waals surface area contributed by atoms with E-state index >= 15 is 0 Å². The van der Waals surface area contributed by atoms with E-state index in [2.05, 4.69) is 15.0 Å². The molecule has 0 saturated carbocycles. The first-order valence-electron chi connectivity index (χ1n) is 6.02. The predicted molar refractivity (Wildman–Crippen MR) is 65.6 cm³/mol. The van der Waals surface area contributed by atoms with Crippen LogP contribution in [0.5, 0.6) is 0 Å². The highest BCUT2D eigenvalue weighted by atomic mass is 16.4. The van der Waals surface area contributed by atoms with Crippen molar-refractivity contribution in [3.63, 3.8) is 0 Å². The van der Waals surface area contributed by atoms with E-state index < -0.39 is 5.97 Å². The number of fused-ring (bicyclic) bond motifs is 1. The van der Waals surface area contributed by atoms with Crippen molar-refractivity contribution in [2.24, 2.45) is 5.92 Å². The molecule has 3 heterocycles. The molecule has 2 aromatic heterocycles. The van der Waals surface area contributed by atoms with E-state index in [1.165, 1.54) is 0 Å². The lowest BCUT2D eigenvalue weighted by Gasteiger charge is -2.30. The van der Waals surface area contributed by atoms with Crippen molar-refractivity contribution >= 4 is 17.4 Å². The summed E-state index contributed by atoms with van der Waals surface area (Å²) in [5.74, 6) is 0.000591. The highest BCUT2D eigenvalue weighted by molar-refractivity contribution is 5.70. The molecular weight excluding hydrogens is 232 g/mol. The number of piperidine rings is 1. The molecule has 0 aromatic carbocycles. The van der Waals surface area contributed by atoms with Crippen LogP contribution < -0.4 is 4.90 Å². The van der Waals surface area contributed by atoms with E-state index in [-0.39, 0.29) is 5.92 Å². The molecule has 0 amide bonds. The minimum absolute atomic E-state index is 0.208. The van der Waals surface area contributed by atoms with Gasteiger partial charge in [-0.05, 0) is 18.9 Å². The lowest BCUT2D eigenvalue weighted by molar-refractivity contribution is -0.142. The third-order valence-corrected chi connectivity index (χ3v) is 3.41. The molecule has 3 rings (SSSR count). The van der Waals surface area contributed by atoms with Crippen LogP contribution in [0.4, 0.5) is 5.82 Å². The number of anilines is 1. The molecule has 1 N–H and O–H groups in total. The molecule has 6 nitrogen and oxygen atoms in total. The van der Waals surface area contributed by atoms with E-state index in [4.69, 9.17) is 5.11 Å². The molecule has 0 aliphatic carbocycles. The molecule has 0 spiro atoms. The SMILES string of the molecule is O=C(O)C1CCN(c2ccn3nccc3n2)CC1. The van der Waals surface area contributed by atoms with Crippen LogP contribution in [-0.2, 0) is 4.79 Å². The molecule has 1 saturated heterocycles. The van der Waals surface area contributed by atoms with Crippen LogP contribution in [0.25, 0.3) is 5.65 Å². The number of aromatic nitrogens is 3. The van der Waals surface area contributed by atoms with Gasteiger partial charge in [-0.25, -0.2) is 9.50 Å². The maximum atomic E-state index is 10.9. The van der Waals surface area contributed by atoms with Gasteiger partial charge in [0.25, 0.3) is 0 Å². The molecule has 18 heavy (non-hydrogen) atoms. The Labute approximate surface area is 104 Å². The standard InChI is InChI=1S/C12H14N4O2/c17-12(18)9-2-6-15(7-3-9)10-4-8-16-11(14-10)1-5-13-16/h1,4-5,8-9H,2-3,6-7H2,(H,17,18). The molecule has 94 valence electrons.